The zero-order valence-electron chi connectivity index (χ0n) is 16.7. The SMILES string of the molecule is CC(C)Cc1cnc2c(c1SCC(=O)N1CCOCC1)c(=O)n(C)c(=O)n2C. The largest absolute Gasteiger partial charge is 0.378 e. The molecular weight excluding hydrogens is 380 g/mol. The molecule has 0 spiro atoms. The second kappa shape index (κ2) is 8.48. The molecule has 0 aliphatic carbocycles. The average molecular weight is 407 g/mol. The summed E-state index contributed by atoms with van der Waals surface area (Å²) < 4.78 is 7.77. The topological polar surface area (TPSA) is 86.4 Å². The molecule has 28 heavy (non-hydrogen) atoms. The van der Waals surface area contributed by atoms with E-state index in [1.165, 1.54) is 23.4 Å². The highest BCUT2D eigenvalue weighted by Crippen LogP contribution is 2.30. The summed E-state index contributed by atoms with van der Waals surface area (Å²) in [5.74, 6) is 0.622. The van der Waals surface area contributed by atoms with E-state index < -0.39 is 5.69 Å². The number of thioether (sulfide) groups is 1. The van der Waals surface area contributed by atoms with E-state index >= 15 is 0 Å². The van der Waals surface area contributed by atoms with E-state index in [1.807, 2.05) is 0 Å². The Bertz CT molecular complexity index is 1010. The van der Waals surface area contributed by atoms with Crippen LogP contribution < -0.4 is 11.2 Å². The molecule has 0 saturated carbocycles. The highest BCUT2D eigenvalue weighted by atomic mass is 32.2. The number of rotatable bonds is 5. The Labute approximate surface area is 167 Å². The van der Waals surface area contributed by atoms with E-state index in [0.717, 1.165) is 21.4 Å². The fourth-order valence-electron chi connectivity index (χ4n) is 3.33. The van der Waals surface area contributed by atoms with Crippen molar-refractivity contribution in [1.29, 1.82) is 0 Å². The predicted molar refractivity (Wildman–Crippen MR) is 109 cm³/mol. The molecule has 0 N–H and O–H groups in total. The third-order valence-corrected chi connectivity index (χ3v) is 5.97. The highest BCUT2D eigenvalue weighted by molar-refractivity contribution is 8.00. The molecule has 1 amide bonds. The van der Waals surface area contributed by atoms with Crippen LogP contribution >= 0.6 is 11.8 Å². The van der Waals surface area contributed by atoms with Crippen molar-refractivity contribution in [2.45, 2.75) is 25.2 Å². The second-order valence-corrected chi connectivity index (χ2v) is 8.38. The summed E-state index contributed by atoms with van der Waals surface area (Å²) in [6.07, 6.45) is 2.46. The van der Waals surface area contributed by atoms with E-state index in [9.17, 15) is 14.4 Å². The lowest BCUT2D eigenvalue weighted by molar-refractivity contribution is -0.132. The summed E-state index contributed by atoms with van der Waals surface area (Å²) in [5, 5.41) is 0.405. The molecule has 1 aliphatic rings. The van der Waals surface area contributed by atoms with Gasteiger partial charge in [-0.15, -0.1) is 11.8 Å². The van der Waals surface area contributed by atoms with Gasteiger partial charge in [0.15, 0.2) is 0 Å². The number of pyridine rings is 1. The summed E-state index contributed by atoms with van der Waals surface area (Å²) in [6, 6.07) is 0. The van der Waals surface area contributed by atoms with Crippen LogP contribution in [0.3, 0.4) is 0 Å². The summed E-state index contributed by atoms with van der Waals surface area (Å²) >= 11 is 1.36. The minimum atomic E-state index is -0.415. The highest BCUT2D eigenvalue weighted by Gasteiger charge is 2.21. The Morgan fingerprint density at radius 1 is 1.21 bits per heavy atom. The van der Waals surface area contributed by atoms with Crippen LogP contribution in [0.1, 0.15) is 19.4 Å². The van der Waals surface area contributed by atoms with Gasteiger partial charge in [-0.25, -0.2) is 9.78 Å². The number of carbonyl (C=O) groups excluding carboxylic acids is 1. The predicted octanol–water partition coefficient (Wildman–Crippen LogP) is 0.782. The van der Waals surface area contributed by atoms with Crippen molar-refractivity contribution in [3.05, 3.63) is 32.6 Å². The van der Waals surface area contributed by atoms with Gasteiger partial charge >= 0.3 is 5.69 Å². The first-order chi connectivity index (χ1) is 13.3. The molecule has 0 atom stereocenters. The maximum Gasteiger partial charge on any atom is 0.332 e. The number of carbonyl (C=O) groups is 1. The monoisotopic (exact) mass is 406 g/mol. The van der Waals surface area contributed by atoms with Gasteiger partial charge < -0.3 is 9.64 Å². The number of hydrogen-bond acceptors (Lipinski definition) is 6. The molecular formula is C19H26N4O4S. The van der Waals surface area contributed by atoms with Crippen molar-refractivity contribution in [2.24, 2.45) is 20.0 Å². The Hall–Kier alpha value is -2.13. The van der Waals surface area contributed by atoms with Crippen molar-refractivity contribution in [3.8, 4) is 0 Å². The Kier molecular flexibility index (Phi) is 6.24. The van der Waals surface area contributed by atoms with Gasteiger partial charge in [0, 0.05) is 38.3 Å². The van der Waals surface area contributed by atoms with Crippen LogP contribution in [0.5, 0.6) is 0 Å². The van der Waals surface area contributed by atoms with Gasteiger partial charge in [-0.1, -0.05) is 13.8 Å². The lowest BCUT2D eigenvalue weighted by atomic mass is 10.0. The quantitative estimate of drug-likeness (QED) is 0.682. The Morgan fingerprint density at radius 3 is 2.54 bits per heavy atom. The molecule has 8 nitrogen and oxygen atoms in total. The number of morpholine rings is 1. The normalized spacial score (nSPS) is 14.8. The van der Waals surface area contributed by atoms with E-state index in [-0.39, 0.29) is 17.2 Å². The summed E-state index contributed by atoms with van der Waals surface area (Å²) in [7, 11) is 3.07. The number of nitrogens with zero attached hydrogens (tertiary/aromatic N) is 4. The molecule has 2 aromatic heterocycles. The first kappa shape index (κ1) is 20.6. The molecule has 0 aromatic carbocycles. The molecule has 3 rings (SSSR count). The summed E-state index contributed by atoms with van der Waals surface area (Å²) in [5.41, 5.74) is 0.486. The van der Waals surface area contributed by atoms with Crippen LogP contribution in [0.4, 0.5) is 0 Å². The maximum atomic E-state index is 12.9. The summed E-state index contributed by atoms with van der Waals surface area (Å²) in [6.45, 7) is 6.47. The molecule has 1 aliphatic heterocycles. The van der Waals surface area contributed by atoms with Gasteiger partial charge in [0.2, 0.25) is 5.91 Å². The van der Waals surface area contributed by atoms with Crippen LogP contribution in [0, 0.1) is 5.92 Å². The number of ether oxygens (including phenoxy) is 1. The second-order valence-electron chi connectivity index (χ2n) is 7.40. The van der Waals surface area contributed by atoms with Gasteiger partial charge in [0.05, 0.1) is 24.4 Å². The lowest BCUT2D eigenvalue weighted by Crippen LogP contribution is -2.41. The fraction of sp³-hybridized carbons (Fsp3) is 0.579. The molecule has 3 heterocycles. The van der Waals surface area contributed by atoms with Crippen molar-refractivity contribution < 1.29 is 9.53 Å². The number of fused-ring (bicyclic) bond motifs is 1. The number of amides is 1. The van der Waals surface area contributed by atoms with Crippen LogP contribution in [-0.2, 0) is 30.0 Å². The molecule has 152 valence electrons. The Balaban J connectivity index is 2.05. The first-order valence-electron chi connectivity index (χ1n) is 9.37. The fourth-order valence-corrected chi connectivity index (χ4v) is 4.42. The van der Waals surface area contributed by atoms with Crippen molar-refractivity contribution in [1.82, 2.24) is 19.0 Å². The van der Waals surface area contributed by atoms with E-state index in [2.05, 4.69) is 18.8 Å². The van der Waals surface area contributed by atoms with Crippen LogP contribution in [-0.4, -0.2) is 57.0 Å². The molecule has 1 fully saturated rings. The molecule has 0 bridgehead atoms. The maximum absolute atomic E-state index is 12.9. The van der Waals surface area contributed by atoms with E-state index in [1.54, 1.807) is 18.1 Å². The van der Waals surface area contributed by atoms with Crippen LogP contribution in [0.2, 0.25) is 0 Å². The third-order valence-electron chi connectivity index (χ3n) is 4.83. The molecule has 0 radical (unpaired) electrons. The number of aryl methyl sites for hydroxylation is 1. The molecule has 9 heteroatoms. The van der Waals surface area contributed by atoms with Gasteiger partial charge in [-0.05, 0) is 17.9 Å². The minimum absolute atomic E-state index is 0.0235. The van der Waals surface area contributed by atoms with Crippen molar-refractivity contribution in [2.75, 3.05) is 32.1 Å². The molecule has 0 unspecified atom stereocenters. The van der Waals surface area contributed by atoms with Crippen LogP contribution in [0.25, 0.3) is 11.0 Å². The minimum Gasteiger partial charge on any atom is -0.378 e. The standard InChI is InChI=1S/C19H26N4O4S/c1-12(2)9-13-10-20-17-15(18(25)22(4)19(26)21(17)3)16(13)28-11-14(24)23-5-7-27-8-6-23/h10,12H,5-9,11H2,1-4H3. The van der Waals surface area contributed by atoms with Gasteiger partial charge in [-0.2, -0.15) is 0 Å². The number of aromatic nitrogens is 3. The third kappa shape index (κ3) is 4.00. The Morgan fingerprint density at radius 2 is 1.89 bits per heavy atom. The average Bonchev–Trinajstić information content (AvgIpc) is 2.69. The van der Waals surface area contributed by atoms with E-state index in [0.29, 0.717) is 43.3 Å². The van der Waals surface area contributed by atoms with Crippen LogP contribution in [0.15, 0.2) is 20.7 Å². The number of hydrogen-bond donors (Lipinski definition) is 0. The lowest BCUT2D eigenvalue weighted by Gasteiger charge is -2.27. The summed E-state index contributed by atoms with van der Waals surface area (Å²) in [4.78, 5) is 44.7. The zero-order valence-corrected chi connectivity index (χ0v) is 17.5. The first-order valence-corrected chi connectivity index (χ1v) is 10.4. The van der Waals surface area contributed by atoms with Crippen molar-refractivity contribution >= 4 is 28.7 Å². The van der Waals surface area contributed by atoms with Gasteiger partial charge in [-0.3, -0.25) is 18.7 Å². The smallest absolute Gasteiger partial charge is 0.332 e. The van der Waals surface area contributed by atoms with Gasteiger partial charge in [0.1, 0.15) is 5.65 Å². The molecule has 2 aromatic rings. The molecule has 1 saturated heterocycles. The zero-order chi connectivity index (χ0) is 20.4. The van der Waals surface area contributed by atoms with Gasteiger partial charge in [0.25, 0.3) is 5.56 Å². The van der Waals surface area contributed by atoms with Crippen molar-refractivity contribution in [3.63, 3.8) is 0 Å². The van der Waals surface area contributed by atoms with E-state index in [4.69, 9.17) is 4.74 Å².